The van der Waals surface area contributed by atoms with Crippen LogP contribution in [0.15, 0.2) is 0 Å². The number of carbonyl (C=O) groups excluding carboxylic acids is 1. The summed E-state index contributed by atoms with van der Waals surface area (Å²) in [5.41, 5.74) is 4.42. The number of amides is 1. The molecule has 0 aromatic heterocycles. The second-order valence-electron chi connectivity index (χ2n) is 4.35. The van der Waals surface area contributed by atoms with Gasteiger partial charge in [0, 0.05) is 6.54 Å². The van der Waals surface area contributed by atoms with E-state index < -0.39 is 11.7 Å². The number of nitrogens with one attached hydrogen (secondary N) is 3. The molecule has 7 heteroatoms. The van der Waals surface area contributed by atoms with Gasteiger partial charge in [0.25, 0.3) is 0 Å². The topological polar surface area (TPSA) is 62.4 Å². The highest BCUT2D eigenvalue weighted by molar-refractivity contribution is 7.98. The lowest BCUT2D eigenvalue weighted by Crippen LogP contribution is -2.48. The Morgan fingerprint density at radius 1 is 1.35 bits per heavy atom. The van der Waals surface area contributed by atoms with Gasteiger partial charge in [0.1, 0.15) is 5.60 Å². The molecule has 100 valence electrons. The first-order valence-electron chi connectivity index (χ1n) is 5.37. The van der Waals surface area contributed by atoms with Crippen LogP contribution >= 0.6 is 24.0 Å². The molecule has 0 fully saturated rings. The van der Waals surface area contributed by atoms with Gasteiger partial charge in [0.15, 0.2) is 5.11 Å². The van der Waals surface area contributed by atoms with Crippen LogP contribution in [-0.4, -0.2) is 35.4 Å². The number of thioether (sulfide) groups is 1. The van der Waals surface area contributed by atoms with Crippen LogP contribution in [0.4, 0.5) is 4.79 Å². The molecule has 0 aromatic carbocycles. The highest BCUT2D eigenvalue weighted by Crippen LogP contribution is 2.05. The van der Waals surface area contributed by atoms with Crippen molar-refractivity contribution in [1.82, 2.24) is 16.2 Å². The molecule has 0 heterocycles. The summed E-state index contributed by atoms with van der Waals surface area (Å²) in [6.07, 6.45) is 2.53. The molecule has 5 nitrogen and oxygen atoms in total. The molecule has 17 heavy (non-hydrogen) atoms. The van der Waals surface area contributed by atoms with Gasteiger partial charge in [-0.3, -0.25) is 5.43 Å². The van der Waals surface area contributed by atoms with E-state index in [0.717, 1.165) is 18.7 Å². The van der Waals surface area contributed by atoms with Crippen molar-refractivity contribution in [3.05, 3.63) is 0 Å². The van der Waals surface area contributed by atoms with Gasteiger partial charge in [0.2, 0.25) is 0 Å². The molecular formula is C10H21N3O2S2. The summed E-state index contributed by atoms with van der Waals surface area (Å²) in [4.78, 5) is 11.3. The quantitative estimate of drug-likeness (QED) is 0.413. The Morgan fingerprint density at radius 2 is 2.00 bits per heavy atom. The zero-order chi connectivity index (χ0) is 13.3. The smallest absolute Gasteiger partial charge is 0.426 e. The molecule has 0 aliphatic heterocycles. The van der Waals surface area contributed by atoms with Crippen molar-refractivity contribution < 1.29 is 9.53 Å². The van der Waals surface area contributed by atoms with Crippen LogP contribution in [0.5, 0.6) is 0 Å². The lowest BCUT2D eigenvalue weighted by atomic mass is 10.2. The molecule has 0 radical (unpaired) electrons. The molecule has 0 aliphatic rings. The molecule has 0 spiro atoms. The van der Waals surface area contributed by atoms with Crippen LogP contribution < -0.4 is 16.2 Å². The Labute approximate surface area is 112 Å². The molecular weight excluding hydrogens is 258 g/mol. The maximum absolute atomic E-state index is 11.3. The van der Waals surface area contributed by atoms with Crippen LogP contribution in [0, 0.1) is 0 Å². The summed E-state index contributed by atoms with van der Waals surface area (Å²) in [6.45, 7) is 6.17. The van der Waals surface area contributed by atoms with Gasteiger partial charge in [-0.1, -0.05) is 0 Å². The highest BCUT2D eigenvalue weighted by atomic mass is 32.2. The minimum Gasteiger partial charge on any atom is -0.443 e. The Hall–Kier alpha value is -0.690. The summed E-state index contributed by atoms with van der Waals surface area (Å²) >= 11 is 6.75. The number of ether oxygens (including phenoxy) is 1. The number of rotatable bonds is 4. The van der Waals surface area contributed by atoms with Crippen LogP contribution in [0.1, 0.15) is 27.2 Å². The molecule has 3 N–H and O–H groups in total. The second-order valence-corrected chi connectivity index (χ2v) is 5.75. The van der Waals surface area contributed by atoms with Gasteiger partial charge >= 0.3 is 6.09 Å². The Morgan fingerprint density at radius 3 is 2.53 bits per heavy atom. The molecule has 0 rings (SSSR count). The number of hydrogen-bond acceptors (Lipinski definition) is 4. The van der Waals surface area contributed by atoms with E-state index in [9.17, 15) is 4.79 Å². The van der Waals surface area contributed by atoms with Gasteiger partial charge in [-0.25, -0.2) is 10.2 Å². The number of thiocarbonyl (C=S) groups is 1. The van der Waals surface area contributed by atoms with E-state index in [-0.39, 0.29) is 0 Å². The van der Waals surface area contributed by atoms with Crippen molar-refractivity contribution >= 4 is 35.2 Å². The first-order chi connectivity index (χ1) is 7.85. The molecule has 1 amide bonds. The van der Waals surface area contributed by atoms with E-state index in [1.165, 1.54) is 0 Å². The Kier molecular flexibility index (Phi) is 8.07. The summed E-state index contributed by atoms with van der Waals surface area (Å²) in [5.74, 6) is 1.08. The monoisotopic (exact) mass is 279 g/mol. The molecule has 0 aromatic rings. The minimum absolute atomic E-state index is 0.386. The maximum Gasteiger partial charge on any atom is 0.426 e. The van der Waals surface area contributed by atoms with Crippen molar-refractivity contribution in [2.45, 2.75) is 32.8 Å². The van der Waals surface area contributed by atoms with Gasteiger partial charge in [-0.2, -0.15) is 11.8 Å². The lowest BCUT2D eigenvalue weighted by molar-refractivity contribution is 0.0513. The summed E-state index contributed by atoms with van der Waals surface area (Å²) in [6, 6.07) is 0. The third-order valence-corrected chi connectivity index (χ3v) is 2.43. The van der Waals surface area contributed by atoms with Crippen molar-refractivity contribution in [2.75, 3.05) is 18.6 Å². The van der Waals surface area contributed by atoms with Crippen molar-refractivity contribution in [1.29, 1.82) is 0 Å². The summed E-state index contributed by atoms with van der Waals surface area (Å²) in [7, 11) is 0. The van der Waals surface area contributed by atoms with E-state index in [0.29, 0.717) is 5.11 Å². The van der Waals surface area contributed by atoms with Crippen molar-refractivity contribution in [3.8, 4) is 0 Å². The van der Waals surface area contributed by atoms with Crippen LogP contribution in [-0.2, 0) is 4.74 Å². The summed E-state index contributed by atoms with van der Waals surface area (Å²) < 4.78 is 5.03. The first-order valence-corrected chi connectivity index (χ1v) is 7.17. The van der Waals surface area contributed by atoms with Crippen LogP contribution in [0.25, 0.3) is 0 Å². The van der Waals surface area contributed by atoms with E-state index in [1.807, 2.05) is 0 Å². The molecule has 0 unspecified atom stereocenters. The van der Waals surface area contributed by atoms with Gasteiger partial charge in [0.05, 0.1) is 0 Å². The zero-order valence-corrected chi connectivity index (χ0v) is 12.4. The number of hydrogen-bond donors (Lipinski definition) is 3. The zero-order valence-electron chi connectivity index (χ0n) is 10.8. The predicted octanol–water partition coefficient (Wildman–Crippen LogP) is 1.64. The SMILES string of the molecule is CSCCCNC(=S)NNC(=O)OC(C)(C)C. The average molecular weight is 279 g/mol. The molecule has 0 atom stereocenters. The van der Waals surface area contributed by atoms with Crippen molar-refractivity contribution in [2.24, 2.45) is 0 Å². The van der Waals surface area contributed by atoms with Gasteiger partial charge in [-0.05, 0) is 51.4 Å². The fourth-order valence-electron chi connectivity index (χ4n) is 0.874. The first kappa shape index (κ1) is 16.3. The number of hydrazine groups is 1. The molecule has 0 bridgehead atoms. The molecule has 0 aliphatic carbocycles. The second kappa shape index (κ2) is 8.41. The van der Waals surface area contributed by atoms with Crippen LogP contribution in [0.3, 0.4) is 0 Å². The van der Waals surface area contributed by atoms with E-state index >= 15 is 0 Å². The molecule has 0 saturated heterocycles. The minimum atomic E-state index is -0.550. The third-order valence-electron chi connectivity index (χ3n) is 1.49. The van der Waals surface area contributed by atoms with E-state index in [1.54, 1.807) is 32.5 Å². The van der Waals surface area contributed by atoms with Crippen LogP contribution in [0.2, 0.25) is 0 Å². The van der Waals surface area contributed by atoms with Crippen molar-refractivity contribution in [3.63, 3.8) is 0 Å². The number of carbonyl (C=O) groups is 1. The van der Waals surface area contributed by atoms with Gasteiger partial charge < -0.3 is 10.1 Å². The average Bonchev–Trinajstić information content (AvgIpc) is 2.19. The van der Waals surface area contributed by atoms with E-state index in [2.05, 4.69) is 22.4 Å². The third kappa shape index (κ3) is 11.6. The normalized spacial score (nSPS) is 10.6. The lowest BCUT2D eigenvalue weighted by Gasteiger charge is -2.20. The maximum atomic E-state index is 11.3. The fourth-order valence-corrected chi connectivity index (χ4v) is 1.46. The fraction of sp³-hybridized carbons (Fsp3) is 0.800. The Balaban J connectivity index is 3.59. The standard InChI is InChI=1S/C10H21N3O2S2/c1-10(2,3)15-9(14)13-12-8(16)11-6-5-7-17-4/h5-7H2,1-4H3,(H,13,14)(H2,11,12,16). The molecule has 0 saturated carbocycles. The van der Waals surface area contributed by atoms with E-state index in [4.69, 9.17) is 17.0 Å². The highest BCUT2D eigenvalue weighted by Gasteiger charge is 2.15. The summed E-state index contributed by atoms with van der Waals surface area (Å²) in [5, 5.41) is 3.36. The Bertz CT molecular complexity index is 254. The predicted molar refractivity (Wildman–Crippen MR) is 76.1 cm³/mol. The van der Waals surface area contributed by atoms with Gasteiger partial charge in [-0.15, -0.1) is 0 Å². The largest absolute Gasteiger partial charge is 0.443 e.